The number of hydrogen-bond donors (Lipinski definition) is 1. The highest BCUT2D eigenvalue weighted by atomic mass is 32.1. The summed E-state index contributed by atoms with van der Waals surface area (Å²) in [5, 5.41) is 6.83. The highest BCUT2D eigenvalue weighted by molar-refractivity contribution is 7.08. The van der Waals surface area contributed by atoms with Crippen LogP contribution in [0.5, 0.6) is 0 Å². The molecular formula is C15H21N3O2S. The Hall–Kier alpha value is -1.40. The van der Waals surface area contributed by atoms with Gasteiger partial charge in [-0.3, -0.25) is 14.5 Å². The Bertz CT molecular complexity index is 491. The van der Waals surface area contributed by atoms with Crippen molar-refractivity contribution in [2.24, 2.45) is 5.92 Å². The van der Waals surface area contributed by atoms with Crippen LogP contribution in [0.4, 0.5) is 0 Å². The van der Waals surface area contributed by atoms with Gasteiger partial charge in [-0.15, -0.1) is 0 Å². The third-order valence-corrected chi connectivity index (χ3v) is 4.79. The maximum Gasteiger partial charge on any atom is 0.254 e. The molecule has 2 heterocycles. The Balaban J connectivity index is 1.36. The fraction of sp³-hybridized carbons (Fsp3) is 0.600. The van der Waals surface area contributed by atoms with Gasteiger partial charge in [-0.1, -0.05) is 0 Å². The molecule has 2 aliphatic rings. The van der Waals surface area contributed by atoms with E-state index in [0.29, 0.717) is 6.54 Å². The van der Waals surface area contributed by atoms with Crippen LogP contribution in [0.15, 0.2) is 16.8 Å². The quantitative estimate of drug-likeness (QED) is 0.884. The van der Waals surface area contributed by atoms with E-state index >= 15 is 0 Å². The van der Waals surface area contributed by atoms with E-state index in [2.05, 4.69) is 10.2 Å². The summed E-state index contributed by atoms with van der Waals surface area (Å²) in [4.78, 5) is 28.0. The van der Waals surface area contributed by atoms with E-state index < -0.39 is 0 Å². The number of nitrogens with zero attached hydrogens (tertiary/aromatic N) is 2. The smallest absolute Gasteiger partial charge is 0.254 e. The molecule has 1 saturated carbocycles. The predicted octanol–water partition coefficient (Wildman–Crippen LogP) is 1.03. The number of rotatable bonds is 5. The fourth-order valence-corrected chi connectivity index (χ4v) is 3.20. The molecule has 1 aromatic rings. The summed E-state index contributed by atoms with van der Waals surface area (Å²) in [5.41, 5.74) is 0.796. The molecule has 2 fully saturated rings. The molecule has 0 bridgehead atoms. The van der Waals surface area contributed by atoms with Gasteiger partial charge in [-0.2, -0.15) is 11.3 Å². The van der Waals surface area contributed by atoms with Crippen LogP contribution in [0.25, 0.3) is 0 Å². The van der Waals surface area contributed by atoms with Crippen molar-refractivity contribution in [3.8, 4) is 0 Å². The lowest BCUT2D eigenvalue weighted by Gasteiger charge is -2.34. The van der Waals surface area contributed by atoms with Crippen molar-refractivity contribution in [2.45, 2.75) is 12.8 Å². The third kappa shape index (κ3) is 3.83. The zero-order chi connectivity index (χ0) is 14.7. The minimum Gasteiger partial charge on any atom is -0.355 e. The molecule has 114 valence electrons. The number of amides is 2. The van der Waals surface area contributed by atoms with E-state index in [0.717, 1.165) is 51.1 Å². The summed E-state index contributed by atoms with van der Waals surface area (Å²) < 4.78 is 0. The monoisotopic (exact) mass is 307 g/mol. The van der Waals surface area contributed by atoms with Gasteiger partial charge in [0.15, 0.2) is 0 Å². The van der Waals surface area contributed by atoms with E-state index in [1.807, 2.05) is 21.7 Å². The molecule has 21 heavy (non-hydrogen) atoms. The minimum atomic E-state index is 0.137. The molecule has 0 radical (unpaired) electrons. The molecule has 0 atom stereocenters. The molecule has 5 nitrogen and oxygen atoms in total. The first kappa shape index (κ1) is 14.5. The van der Waals surface area contributed by atoms with E-state index in [4.69, 9.17) is 0 Å². The van der Waals surface area contributed by atoms with Gasteiger partial charge in [0.25, 0.3) is 5.91 Å². The first-order valence-electron chi connectivity index (χ1n) is 7.55. The highest BCUT2D eigenvalue weighted by Gasteiger charge is 2.29. The average molecular weight is 307 g/mol. The Morgan fingerprint density at radius 1 is 1.24 bits per heavy atom. The first-order valence-corrected chi connectivity index (χ1v) is 8.50. The van der Waals surface area contributed by atoms with Crippen LogP contribution in [-0.4, -0.2) is 60.9 Å². The molecule has 0 aromatic carbocycles. The molecular weight excluding hydrogens is 286 g/mol. The van der Waals surface area contributed by atoms with E-state index in [1.54, 1.807) is 11.3 Å². The lowest BCUT2D eigenvalue weighted by molar-refractivity contribution is -0.122. The molecule has 1 saturated heterocycles. The Morgan fingerprint density at radius 3 is 2.62 bits per heavy atom. The molecule has 1 N–H and O–H groups in total. The number of hydrogen-bond acceptors (Lipinski definition) is 4. The summed E-state index contributed by atoms with van der Waals surface area (Å²) in [7, 11) is 0. The van der Waals surface area contributed by atoms with Crippen LogP contribution < -0.4 is 5.32 Å². The van der Waals surface area contributed by atoms with Crippen molar-refractivity contribution in [3.05, 3.63) is 22.4 Å². The van der Waals surface area contributed by atoms with Gasteiger partial charge in [-0.25, -0.2) is 0 Å². The van der Waals surface area contributed by atoms with Crippen molar-refractivity contribution in [3.63, 3.8) is 0 Å². The maximum absolute atomic E-state index is 12.2. The molecule has 0 unspecified atom stereocenters. The average Bonchev–Trinajstić information content (AvgIpc) is 3.22. The van der Waals surface area contributed by atoms with Gasteiger partial charge in [0.2, 0.25) is 5.91 Å². The van der Waals surface area contributed by atoms with Crippen LogP contribution in [0.2, 0.25) is 0 Å². The molecule has 3 rings (SSSR count). The van der Waals surface area contributed by atoms with Gasteiger partial charge in [0, 0.05) is 50.6 Å². The van der Waals surface area contributed by atoms with E-state index in [1.165, 1.54) is 0 Å². The van der Waals surface area contributed by atoms with Crippen LogP contribution in [-0.2, 0) is 4.79 Å². The number of carbonyl (C=O) groups is 2. The van der Waals surface area contributed by atoms with Crippen LogP contribution in [0.1, 0.15) is 23.2 Å². The Kier molecular flexibility index (Phi) is 4.55. The SMILES string of the molecule is O=C(NCCN1CCN(C(=O)c2ccsc2)CC1)C1CC1. The zero-order valence-electron chi connectivity index (χ0n) is 12.1. The van der Waals surface area contributed by atoms with Crippen molar-refractivity contribution < 1.29 is 9.59 Å². The largest absolute Gasteiger partial charge is 0.355 e. The Labute approximate surface area is 128 Å². The van der Waals surface area contributed by atoms with Crippen molar-refractivity contribution in [1.82, 2.24) is 15.1 Å². The predicted molar refractivity (Wildman–Crippen MR) is 82.4 cm³/mol. The lowest BCUT2D eigenvalue weighted by Crippen LogP contribution is -2.50. The van der Waals surface area contributed by atoms with E-state index in [-0.39, 0.29) is 17.7 Å². The van der Waals surface area contributed by atoms with E-state index in [9.17, 15) is 9.59 Å². The van der Waals surface area contributed by atoms with Gasteiger partial charge in [0.05, 0.1) is 5.56 Å². The van der Waals surface area contributed by atoms with Crippen LogP contribution in [0.3, 0.4) is 0 Å². The molecule has 6 heteroatoms. The molecule has 1 aromatic heterocycles. The molecule has 2 amide bonds. The van der Waals surface area contributed by atoms with Crippen LogP contribution >= 0.6 is 11.3 Å². The molecule has 1 aliphatic heterocycles. The molecule has 1 aliphatic carbocycles. The summed E-state index contributed by atoms with van der Waals surface area (Å²) in [6, 6.07) is 1.88. The third-order valence-electron chi connectivity index (χ3n) is 4.10. The second kappa shape index (κ2) is 6.58. The van der Waals surface area contributed by atoms with Gasteiger partial charge in [-0.05, 0) is 24.3 Å². The Morgan fingerprint density at radius 2 is 2.00 bits per heavy atom. The summed E-state index contributed by atoms with van der Waals surface area (Å²) in [5.74, 6) is 0.629. The maximum atomic E-state index is 12.2. The zero-order valence-corrected chi connectivity index (χ0v) is 12.9. The first-order chi connectivity index (χ1) is 10.2. The second-order valence-corrected chi connectivity index (χ2v) is 6.49. The van der Waals surface area contributed by atoms with Gasteiger partial charge in [0.1, 0.15) is 0 Å². The number of nitrogens with one attached hydrogen (secondary N) is 1. The van der Waals surface area contributed by atoms with Crippen molar-refractivity contribution in [1.29, 1.82) is 0 Å². The number of piperazine rings is 1. The highest BCUT2D eigenvalue weighted by Crippen LogP contribution is 2.28. The normalized spacial score (nSPS) is 19.5. The van der Waals surface area contributed by atoms with Crippen LogP contribution in [0, 0.1) is 5.92 Å². The fourth-order valence-electron chi connectivity index (χ4n) is 2.57. The van der Waals surface area contributed by atoms with Crippen molar-refractivity contribution >= 4 is 23.2 Å². The van der Waals surface area contributed by atoms with Gasteiger partial charge >= 0.3 is 0 Å². The number of thiophene rings is 1. The number of carbonyl (C=O) groups excluding carboxylic acids is 2. The summed E-state index contributed by atoms with van der Waals surface area (Å²) in [6.07, 6.45) is 2.10. The summed E-state index contributed by atoms with van der Waals surface area (Å²) in [6.45, 7) is 4.90. The minimum absolute atomic E-state index is 0.137. The second-order valence-electron chi connectivity index (χ2n) is 5.71. The topological polar surface area (TPSA) is 52.7 Å². The van der Waals surface area contributed by atoms with Gasteiger partial charge < -0.3 is 10.2 Å². The summed E-state index contributed by atoms with van der Waals surface area (Å²) >= 11 is 1.56. The lowest BCUT2D eigenvalue weighted by atomic mass is 10.2. The van der Waals surface area contributed by atoms with Crippen molar-refractivity contribution in [2.75, 3.05) is 39.3 Å². The standard InChI is InChI=1S/C15H21N3O2S/c19-14(12-1-2-12)16-4-5-17-6-8-18(9-7-17)15(20)13-3-10-21-11-13/h3,10-12H,1-2,4-9H2,(H,16,19). The molecule has 0 spiro atoms.